The monoisotopic (exact) mass is 387 g/mol. The molecule has 0 saturated carbocycles. The van der Waals surface area contributed by atoms with E-state index in [2.05, 4.69) is 34.6 Å². The molecule has 0 aromatic heterocycles. The second kappa shape index (κ2) is 9.15. The molecule has 5 heteroatoms. The van der Waals surface area contributed by atoms with Crippen LogP contribution in [0.2, 0.25) is 0 Å². The summed E-state index contributed by atoms with van der Waals surface area (Å²) in [4.78, 5) is 4.61. The minimum absolute atomic E-state index is 0.140. The van der Waals surface area contributed by atoms with Crippen LogP contribution in [-0.4, -0.2) is 25.7 Å². The Labute approximate surface area is 171 Å². The number of nitrogens with one attached hydrogen (secondary N) is 1. The van der Waals surface area contributed by atoms with E-state index in [0.29, 0.717) is 25.7 Å². The summed E-state index contributed by atoms with van der Waals surface area (Å²) < 4.78 is 11.4. The zero-order valence-electron chi connectivity index (χ0n) is 16.3. The number of hydrogen-bond acceptors (Lipinski definition) is 3. The van der Waals surface area contributed by atoms with E-state index < -0.39 is 0 Å². The molecule has 0 aliphatic carbocycles. The van der Waals surface area contributed by atoms with Crippen LogP contribution in [0.3, 0.4) is 0 Å². The molecule has 0 spiro atoms. The van der Waals surface area contributed by atoms with Gasteiger partial charge in [0.05, 0.1) is 19.8 Å². The van der Waals surface area contributed by atoms with Crippen molar-refractivity contribution >= 4 is 11.6 Å². The summed E-state index contributed by atoms with van der Waals surface area (Å²) in [7, 11) is 0. The van der Waals surface area contributed by atoms with Crippen molar-refractivity contribution in [1.82, 2.24) is 0 Å². The van der Waals surface area contributed by atoms with Crippen molar-refractivity contribution in [2.75, 3.05) is 25.1 Å². The Bertz CT molecular complexity index is 919. The van der Waals surface area contributed by atoms with Crippen LogP contribution in [0.1, 0.15) is 23.5 Å². The van der Waals surface area contributed by atoms with E-state index >= 15 is 0 Å². The maximum absolute atomic E-state index is 6.18. The molecule has 0 amide bonds. The topological polar surface area (TPSA) is 68.9 Å². The minimum Gasteiger partial charge on any atom is -0.490 e. The van der Waals surface area contributed by atoms with E-state index in [1.54, 1.807) is 0 Å². The lowest BCUT2D eigenvalue weighted by molar-refractivity contribution is 0.297. The highest BCUT2D eigenvalue weighted by molar-refractivity contribution is 5.92. The Kier molecular flexibility index (Phi) is 5.95. The van der Waals surface area contributed by atoms with Gasteiger partial charge in [0.15, 0.2) is 17.5 Å². The fourth-order valence-electron chi connectivity index (χ4n) is 3.39. The highest BCUT2D eigenvalue weighted by atomic mass is 16.5. The molecule has 0 saturated heterocycles. The summed E-state index contributed by atoms with van der Waals surface area (Å²) in [6.45, 7) is 1.87. The molecule has 3 N–H and O–H groups in total. The number of anilines is 1. The van der Waals surface area contributed by atoms with Crippen LogP contribution in [0, 0.1) is 0 Å². The van der Waals surface area contributed by atoms with Crippen molar-refractivity contribution in [2.24, 2.45) is 10.7 Å². The Balaban J connectivity index is 1.50. The molecule has 1 aliphatic rings. The Morgan fingerprint density at radius 1 is 0.862 bits per heavy atom. The maximum Gasteiger partial charge on any atom is 0.193 e. The number of guanidine groups is 1. The first kappa shape index (κ1) is 18.9. The van der Waals surface area contributed by atoms with Gasteiger partial charge in [0.1, 0.15) is 0 Å². The first-order valence-corrected chi connectivity index (χ1v) is 9.86. The normalized spacial score (nSPS) is 13.8. The molecule has 29 heavy (non-hydrogen) atoms. The molecule has 4 rings (SSSR count). The molecular formula is C24H25N3O2. The fourth-order valence-corrected chi connectivity index (χ4v) is 3.39. The Hall–Kier alpha value is -3.47. The van der Waals surface area contributed by atoms with Gasteiger partial charge in [0.2, 0.25) is 0 Å². The lowest BCUT2D eigenvalue weighted by Gasteiger charge is -2.17. The zero-order valence-corrected chi connectivity index (χ0v) is 16.3. The van der Waals surface area contributed by atoms with Gasteiger partial charge in [-0.2, -0.15) is 0 Å². The van der Waals surface area contributed by atoms with Gasteiger partial charge in [-0.3, -0.25) is 4.99 Å². The van der Waals surface area contributed by atoms with Crippen LogP contribution in [0.25, 0.3) is 0 Å². The van der Waals surface area contributed by atoms with E-state index in [-0.39, 0.29) is 5.92 Å². The number of ether oxygens (including phenoxy) is 2. The molecule has 0 unspecified atom stereocenters. The number of nitrogens with two attached hydrogens (primary N) is 1. The molecule has 1 heterocycles. The van der Waals surface area contributed by atoms with Gasteiger partial charge in [-0.05, 0) is 23.3 Å². The number of fused-ring (bicyclic) bond motifs is 1. The first-order chi connectivity index (χ1) is 14.3. The maximum atomic E-state index is 6.18. The largest absolute Gasteiger partial charge is 0.490 e. The predicted octanol–water partition coefficient (Wildman–Crippen LogP) is 4.41. The molecule has 0 bridgehead atoms. The molecule has 1 aliphatic heterocycles. The van der Waals surface area contributed by atoms with Crippen molar-refractivity contribution in [3.63, 3.8) is 0 Å². The lowest BCUT2D eigenvalue weighted by atomic mass is 9.91. The average molecular weight is 387 g/mol. The molecule has 3 aromatic rings. The van der Waals surface area contributed by atoms with E-state index in [1.165, 1.54) is 11.1 Å². The number of hydrogen-bond donors (Lipinski definition) is 2. The van der Waals surface area contributed by atoms with Crippen molar-refractivity contribution in [1.29, 1.82) is 0 Å². The second-order valence-corrected chi connectivity index (χ2v) is 6.94. The number of nitrogens with zero attached hydrogens (tertiary/aromatic N) is 1. The zero-order chi connectivity index (χ0) is 19.9. The molecule has 5 nitrogen and oxygen atoms in total. The van der Waals surface area contributed by atoms with Crippen molar-refractivity contribution in [2.45, 2.75) is 12.3 Å². The summed E-state index contributed by atoms with van der Waals surface area (Å²) in [5.41, 5.74) is 9.44. The van der Waals surface area contributed by atoms with E-state index in [4.69, 9.17) is 15.2 Å². The molecular weight excluding hydrogens is 362 g/mol. The number of rotatable bonds is 5. The predicted molar refractivity (Wildman–Crippen MR) is 117 cm³/mol. The summed E-state index contributed by atoms with van der Waals surface area (Å²) in [5.74, 6) is 2.00. The minimum atomic E-state index is 0.140. The Morgan fingerprint density at radius 2 is 1.48 bits per heavy atom. The summed E-state index contributed by atoms with van der Waals surface area (Å²) in [6, 6.07) is 26.5. The van der Waals surface area contributed by atoms with Gasteiger partial charge >= 0.3 is 0 Å². The van der Waals surface area contributed by atoms with Crippen LogP contribution in [0.4, 0.5) is 5.69 Å². The fraction of sp³-hybridized carbons (Fsp3) is 0.208. The standard InChI is InChI=1S/C24H25N3O2/c25-24(27-20-12-13-22-23(16-20)29-15-7-14-28-22)26-17-21(18-8-3-1-4-9-18)19-10-5-2-6-11-19/h1-6,8-13,16,21H,7,14-15,17H2,(H3,25,26,27). The SMILES string of the molecule is NC(=NCC(c1ccccc1)c1ccccc1)Nc1ccc2c(c1)OCCCO2. The molecule has 3 aromatic carbocycles. The summed E-state index contributed by atoms with van der Waals surface area (Å²) in [6.07, 6.45) is 0.876. The van der Waals surface area contributed by atoms with E-state index in [9.17, 15) is 0 Å². The molecule has 0 fully saturated rings. The van der Waals surface area contributed by atoms with Gasteiger partial charge in [0.25, 0.3) is 0 Å². The summed E-state index contributed by atoms with van der Waals surface area (Å²) in [5, 5.41) is 3.16. The molecule has 0 radical (unpaired) electrons. The number of benzene rings is 3. The van der Waals surface area contributed by atoms with E-state index in [0.717, 1.165) is 23.6 Å². The van der Waals surface area contributed by atoms with Crippen molar-refractivity contribution < 1.29 is 9.47 Å². The van der Waals surface area contributed by atoms with Crippen LogP contribution in [0.5, 0.6) is 11.5 Å². The summed E-state index contributed by atoms with van der Waals surface area (Å²) >= 11 is 0. The quantitative estimate of drug-likeness (QED) is 0.503. The van der Waals surface area contributed by atoms with Crippen molar-refractivity contribution in [3.8, 4) is 11.5 Å². The van der Waals surface area contributed by atoms with Gasteiger partial charge in [0, 0.05) is 24.1 Å². The van der Waals surface area contributed by atoms with Gasteiger partial charge in [-0.1, -0.05) is 60.7 Å². The lowest BCUT2D eigenvalue weighted by Crippen LogP contribution is -2.23. The first-order valence-electron chi connectivity index (χ1n) is 9.86. The molecule has 148 valence electrons. The average Bonchev–Trinajstić information content (AvgIpc) is 3.00. The highest BCUT2D eigenvalue weighted by Gasteiger charge is 2.14. The van der Waals surface area contributed by atoms with Crippen LogP contribution >= 0.6 is 0 Å². The molecule has 0 atom stereocenters. The van der Waals surface area contributed by atoms with E-state index in [1.807, 2.05) is 54.6 Å². The smallest absolute Gasteiger partial charge is 0.193 e. The van der Waals surface area contributed by atoms with Crippen LogP contribution in [-0.2, 0) is 0 Å². The third kappa shape index (κ3) is 4.88. The van der Waals surface area contributed by atoms with Crippen LogP contribution in [0.15, 0.2) is 83.9 Å². The van der Waals surface area contributed by atoms with Gasteiger partial charge in [-0.15, -0.1) is 0 Å². The van der Waals surface area contributed by atoms with Gasteiger partial charge in [-0.25, -0.2) is 0 Å². The van der Waals surface area contributed by atoms with Gasteiger partial charge < -0.3 is 20.5 Å². The highest BCUT2D eigenvalue weighted by Crippen LogP contribution is 2.32. The third-order valence-electron chi connectivity index (χ3n) is 4.87. The van der Waals surface area contributed by atoms with Crippen LogP contribution < -0.4 is 20.5 Å². The second-order valence-electron chi connectivity index (χ2n) is 6.94. The third-order valence-corrected chi connectivity index (χ3v) is 4.87. The Morgan fingerprint density at radius 3 is 2.14 bits per heavy atom. The van der Waals surface area contributed by atoms with Crippen molar-refractivity contribution in [3.05, 3.63) is 90.0 Å². The number of aliphatic imine (C=N–C) groups is 1.